The number of anilines is 1. The van der Waals surface area contributed by atoms with Crippen molar-refractivity contribution in [2.24, 2.45) is 0 Å². The highest BCUT2D eigenvalue weighted by Gasteiger charge is 2.47. The lowest BCUT2D eigenvalue weighted by atomic mass is 9.94. The first-order valence-corrected chi connectivity index (χ1v) is 11.9. The summed E-state index contributed by atoms with van der Waals surface area (Å²) >= 11 is 0. The number of aliphatic hydroxyl groups is 1. The normalized spacial score (nSPS) is 17.1. The summed E-state index contributed by atoms with van der Waals surface area (Å²) in [6.45, 7) is 9.63. The Hall–Kier alpha value is -4.06. The van der Waals surface area contributed by atoms with Gasteiger partial charge < -0.3 is 14.6 Å². The van der Waals surface area contributed by atoms with Crippen LogP contribution in [0.1, 0.15) is 47.7 Å². The molecule has 0 spiro atoms. The van der Waals surface area contributed by atoms with Crippen molar-refractivity contribution in [2.75, 3.05) is 12.0 Å². The van der Waals surface area contributed by atoms with Gasteiger partial charge in [0.15, 0.2) is 0 Å². The lowest BCUT2D eigenvalue weighted by Gasteiger charge is -2.27. The minimum absolute atomic E-state index is 0.000665. The van der Waals surface area contributed by atoms with E-state index in [1.54, 1.807) is 43.5 Å². The molecule has 1 heterocycles. The third-order valence-corrected chi connectivity index (χ3v) is 6.28. The summed E-state index contributed by atoms with van der Waals surface area (Å²) in [7, 11) is 1.56. The number of hydrogen-bond acceptors (Lipinski definition) is 5. The molecular formula is C30H31NO5. The number of aliphatic hydroxyl groups excluding tert-OH is 1. The fourth-order valence-electron chi connectivity index (χ4n) is 4.62. The van der Waals surface area contributed by atoms with Gasteiger partial charge in [-0.3, -0.25) is 14.5 Å². The largest absolute Gasteiger partial charge is 0.507 e. The van der Waals surface area contributed by atoms with Crippen molar-refractivity contribution in [3.05, 3.63) is 94.1 Å². The standard InChI is InChI=1S/C30H31NO5/c1-17(2)36-25-13-11-22(15-20(25)5)28(32)26-27(21-8-7-9-23(16-21)35-6)31(30(34)29(26)33)24-12-10-18(3)14-19(24)4/h7-17,27,32H,1-6H3/b28-26+. The minimum atomic E-state index is -0.826. The fourth-order valence-corrected chi connectivity index (χ4v) is 4.62. The van der Waals surface area contributed by atoms with Crippen LogP contribution in [0.4, 0.5) is 5.69 Å². The molecule has 1 atom stereocenters. The monoisotopic (exact) mass is 485 g/mol. The molecule has 0 saturated carbocycles. The van der Waals surface area contributed by atoms with Crippen LogP contribution >= 0.6 is 0 Å². The summed E-state index contributed by atoms with van der Waals surface area (Å²) < 4.78 is 11.2. The lowest BCUT2D eigenvalue weighted by Crippen LogP contribution is -2.30. The zero-order chi connectivity index (χ0) is 26.1. The minimum Gasteiger partial charge on any atom is -0.507 e. The van der Waals surface area contributed by atoms with Gasteiger partial charge in [-0.1, -0.05) is 29.8 Å². The molecule has 3 aromatic rings. The Morgan fingerprint density at radius 3 is 2.33 bits per heavy atom. The van der Waals surface area contributed by atoms with Crippen LogP contribution in [0.5, 0.6) is 11.5 Å². The number of amides is 1. The smallest absolute Gasteiger partial charge is 0.300 e. The molecule has 36 heavy (non-hydrogen) atoms. The maximum atomic E-state index is 13.5. The van der Waals surface area contributed by atoms with E-state index < -0.39 is 17.7 Å². The number of nitrogens with zero attached hydrogens (tertiary/aromatic N) is 1. The topological polar surface area (TPSA) is 76.1 Å². The number of Topliss-reactive ketones (excluding diaryl/α,β-unsaturated/α-hetero) is 1. The van der Waals surface area contributed by atoms with Gasteiger partial charge in [0.25, 0.3) is 11.7 Å². The summed E-state index contributed by atoms with van der Waals surface area (Å²) in [5.41, 5.74) is 4.47. The van der Waals surface area contributed by atoms with E-state index >= 15 is 0 Å². The molecule has 1 saturated heterocycles. The summed E-state index contributed by atoms with van der Waals surface area (Å²) in [4.78, 5) is 28.4. The molecule has 1 aliphatic heterocycles. The van der Waals surface area contributed by atoms with E-state index in [1.165, 1.54) is 4.90 Å². The Morgan fingerprint density at radius 2 is 1.69 bits per heavy atom. The van der Waals surface area contributed by atoms with E-state index in [4.69, 9.17) is 9.47 Å². The number of carbonyl (C=O) groups is 2. The molecule has 0 aliphatic carbocycles. The molecule has 6 heteroatoms. The summed E-state index contributed by atoms with van der Waals surface area (Å²) in [6.07, 6.45) is -0.000665. The van der Waals surface area contributed by atoms with Crippen LogP contribution in [0.15, 0.2) is 66.2 Å². The number of benzene rings is 3. The average molecular weight is 486 g/mol. The van der Waals surface area contributed by atoms with Gasteiger partial charge in [0.2, 0.25) is 0 Å². The third-order valence-electron chi connectivity index (χ3n) is 6.28. The van der Waals surface area contributed by atoms with Crippen LogP contribution < -0.4 is 14.4 Å². The number of hydrogen-bond donors (Lipinski definition) is 1. The fraction of sp³-hybridized carbons (Fsp3) is 0.267. The van der Waals surface area contributed by atoms with Gasteiger partial charge in [0.1, 0.15) is 17.3 Å². The van der Waals surface area contributed by atoms with Crippen LogP contribution in [0, 0.1) is 20.8 Å². The van der Waals surface area contributed by atoms with Gasteiger partial charge >= 0.3 is 0 Å². The van der Waals surface area contributed by atoms with Crippen LogP contribution in [-0.4, -0.2) is 30.0 Å². The molecule has 6 nitrogen and oxygen atoms in total. The van der Waals surface area contributed by atoms with Crippen molar-refractivity contribution in [1.29, 1.82) is 0 Å². The second kappa shape index (κ2) is 9.90. The summed E-state index contributed by atoms with van der Waals surface area (Å²) in [5, 5.41) is 11.4. The maximum absolute atomic E-state index is 13.5. The maximum Gasteiger partial charge on any atom is 0.300 e. The summed E-state index contributed by atoms with van der Waals surface area (Å²) in [6, 6.07) is 17.3. The van der Waals surface area contributed by atoms with Gasteiger partial charge in [-0.2, -0.15) is 0 Å². The first-order chi connectivity index (χ1) is 17.1. The van der Waals surface area contributed by atoms with Crippen molar-refractivity contribution in [1.82, 2.24) is 0 Å². The number of carbonyl (C=O) groups excluding carboxylic acids is 2. The Bertz CT molecular complexity index is 1370. The second-order valence-corrected chi connectivity index (χ2v) is 9.38. The average Bonchev–Trinajstić information content (AvgIpc) is 3.10. The second-order valence-electron chi connectivity index (χ2n) is 9.38. The lowest BCUT2D eigenvalue weighted by molar-refractivity contribution is -0.132. The Kier molecular flexibility index (Phi) is 6.88. The molecule has 1 unspecified atom stereocenters. The molecule has 1 N–H and O–H groups in total. The molecule has 1 aliphatic rings. The molecule has 1 amide bonds. The Labute approximate surface area is 211 Å². The van der Waals surface area contributed by atoms with Crippen molar-refractivity contribution in [3.63, 3.8) is 0 Å². The van der Waals surface area contributed by atoms with Crippen molar-refractivity contribution < 1.29 is 24.2 Å². The molecular weight excluding hydrogens is 454 g/mol. The van der Waals surface area contributed by atoms with Crippen LogP contribution in [-0.2, 0) is 9.59 Å². The van der Waals surface area contributed by atoms with E-state index in [9.17, 15) is 14.7 Å². The van der Waals surface area contributed by atoms with Gasteiger partial charge in [-0.15, -0.1) is 0 Å². The number of aryl methyl sites for hydroxylation is 3. The van der Waals surface area contributed by atoms with E-state index in [0.29, 0.717) is 28.3 Å². The molecule has 0 bridgehead atoms. The van der Waals surface area contributed by atoms with E-state index in [0.717, 1.165) is 16.7 Å². The Balaban J connectivity index is 1.93. The highest BCUT2D eigenvalue weighted by atomic mass is 16.5. The number of ketones is 1. The van der Waals surface area contributed by atoms with Crippen LogP contribution in [0.2, 0.25) is 0 Å². The van der Waals surface area contributed by atoms with Crippen molar-refractivity contribution in [3.8, 4) is 11.5 Å². The van der Waals surface area contributed by atoms with Gasteiger partial charge in [-0.05, 0) is 87.7 Å². The molecule has 4 rings (SSSR count). The van der Waals surface area contributed by atoms with E-state index in [2.05, 4.69) is 0 Å². The summed E-state index contributed by atoms with van der Waals surface area (Å²) in [5.74, 6) is -0.368. The number of rotatable bonds is 6. The van der Waals surface area contributed by atoms with E-state index in [-0.39, 0.29) is 17.4 Å². The highest BCUT2D eigenvalue weighted by molar-refractivity contribution is 6.51. The zero-order valence-corrected chi connectivity index (χ0v) is 21.5. The van der Waals surface area contributed by atoms with Gasteiger partial charge in [-0.25, -0.2) is 0 Å². The van der Waals surface area contributed by atoms with Gasteiger partial charge in [0, 0.05) is 11.3 Å². The quantitative estimate of drug-likeness (QED) is 0.262. The number of methoxy groups -OCH3 is 1. The van der Waals surface area contributed by atoms with Crippen LogP contribution in [0.3, 0.4) is 0 Å². The predicted molar refractivity (Wildman–Crippen MR) is 141 cm³/mol. The Morgan fingerprint density at radius 1 is 0.944 bits per heavy atom. The number of ether oxygens (including phenoxy) is 2. The first kappa shape index (κ1) is 25.0. The molecule has 3 aromatic carbocycles. The highest BCUT2D eigenvalue weighted by Crippen LogP contribution is 2.44. The van der Waals surface area contributed by atoms with Gasteiger partial charge in [0.05, 0.1) is 24.8 Å². The third kappa shape index (κ3) is 4.59. The first-order valence-electron chi connectivity index (χ1n) is 11.9. The molecule has 1 fully saturated rings. The predicted octanol–water partition coefficient (Wildman–Crippen LogP) is 6.03. The molecule has 0 radical (unpaired) electrons. The SMILES string of the molecule is COc1cccc(C2/C(=C(\O)c3ccc(OC(C)C)c(C)c3)C(=O)C(=O)N2c2ccc(C)cc2C)c1. The van der Waals surface area contributed by atoms with Crippen molar-refractivity contribution >= 4 is 23.1 Å². The van der Waals surface area contributed by atoms with E-state index in [1.807, 2.05) is 58.9 Å². The van der Waals surface area contributed by atoms with Crippen LogP contribution in [0.25, 0.3) is 5.76 Å². The molecule has 186 valence electrons. The zero-order valence-electron chi connectivity index (χ0n) is 21.5. The van der Waals surface area contributed by atoms with Crippen molar-refractivity contribution in [2.45, 2.75) is 46.8 Å². The molecule has 0 aromatic heterocycles.